The summed E-state index contributed by atoms with van der Waals surface area (Å²) in [7, 11) is 1.22. The topological polar surface area (TPSA) is 65.0 Å². The molecule has 122 valence electrons. The Hall–Kier alpha value is -2.24. The SMILES string of the molecule is COC(=O)Oc1cccc(CO)c1COc1ccc(C)cc1Cl. The molecule has 0 atom stereocenters. The molecule has 2 rings (SSSR count). The van der Waals surface area contributed by atoms with Crippen LogP contribution in [0.15, 0.2) is 36.4 Å². The van der Waals surface area contributed by atoms with Crippen molar-refractivity contribution in [3.8, 4) is 11.5 Å². The maximum atomic E-state index is 11.3. The van der Waals surface area contributed by atoms with Gasteiger partial charge in [0.15, 0.2) is 0 Å². The third kappa shape index (κ3) is 4.37. The molecule has 6 heteroatoms. The molecule has 5 nitrogen and oxygen atoms in total. The van der Waals surface area contributed by atoms with Crippen LogP contribution in [0.25, 0.3) is 0 Å². The molecule has 0 aromatic heterocycles. The number of aliphatic hydroxyl groups is 1. The molecule has 1 N–H and O–H groups in total. The zero-order valence-corrected chi connectivity index (χ0v) is 13.6. The molecule has 23 heavy (non-hydrogen) atoms. The molecule has 0 saturated carbocycles. The first-order chi connectivity index (χ1) is 11.0. The van der Waals surface area contributed by atoms with Crippen LogP contribution in [0.1, 0.15) is 16.7 Å². The Bertz CT molecular complexity index is 699. The van der Waals surface area contributed by atoms with Gasteiger partial charge in [0, 0.05) is 5.56 Å². The number of carbonyl (C=O) groups excluding carboxylic acids is 1. The minimum atomic E-state index is -0.838. The Kier molecular flexibility index (Phi) is 5.84. The lowest BCUT2D eigenvalue weighted by atomic mass is 10.1. The molecule has 0 amide bonds. The molecule has 0 aliphatic rings. The molecule has 0 aliphatic heterocycles. The van der Waals surface area contributed by atoms with Gasteiger partial charge in [-0.2, -0.15) is 0 Å². The number of aliphatic hydroxyl groups excluding tert-OH is 1. The van der Waals surface area contributed by atoms with Crippen molar-refractivity contribution in [3.05, 3.63) is 58.1 Å². The Morgan fingerprint density at radius 2 is 2.00 bits per heavy atom. The highest BCUT2D eigenvalue weighted by Gasteiger charge is 2.14. The second-order valence-corrected chi connectivity index (χ2v) is 5.24. The largest absolute Gasteiger partial charge is 0.513 e. The first kappa shape index (κ1) is 17.1. The van der Waals surface area contributed by atoms with Crippen LogP contribution in [-0.2, 0) is 18.0 Å². The van der Waals surface area contributed by atoms with Gasteiger partial charge in [0.05, 0.1) is 18.7 Å². The van der Waals surface area contributed by atoms with Crippen LogP contribution in [0.3, 0.4) is 0 Å². The van der Waals surface area contributed by atoms with Gasteiger partial charge in [0.25, 0.3) is 0 Å². The molecule has 0 spiro atoms. The highest BCUT2D eigenvalue weighted by atomic mass is 35.5. The molecule has 0 radical (unpaired) electrons. The highest BCUT2D eigenvalue weighted by Crippen LogP contribution is 2.29. The quantitative estimate of drug-likeness (QED) is 0.663. The number of rotatable bonds is 5. The van der Waals surface area contributed by atoms with Crippen molar-refractivity contribution < 1.29 is 24.1 Å². The zero-order chi connectivity index (χ0) is 16.8. The maximum Gasteiger partial charge on any atom is 0.513 e. The number of aryl methyl sites for hydroxylation is 1. The fourth-order valence-corrected chi connectivity index (χ4v) is 2.31. The third-order valence-corrected chi connectivity index (χ3v) is 3.52. The summed E-state index contributed by atoms with van der Waals surface area (Å²) in [5, 5.41) is 9.96. The number of ether oxygens (including phenoxy) is 3. The fraction of sp³-hybridized carbons (Fsp3) is 0.235. The number of methoxy groups -OCH3 is 1. The van der Waals surface area contributed by atoms with Crippen LogP contribution in [0.5, 0.6) is 11.5 Å². The van der Waals surface area contributed by atoms with Crippen LogP contribution < -0.4 is 9.47 Å². The van der Waals surface area contributed by atoms with Crippen molar-refractivity contribution in [2.24, 2.45) is 0 Å². The lowest BCUT2D eigenvalue weighted by Gasteiger charge is -2.15. The molecule has 0 fully saturated rings. The summed E-state index contributed by atoms with van der Waals surface area (Å²) in [5.41, 5.74) is 2.17. The van der Waals surface area contributed by atoms with Crippen LogP contribution in [0.2, 0.25) is 5.02 Å². The van der Waals surface area contributed by atoms with Crippen molar-refractivity contribution in [3.63, 3.8) is 0 Å². The summed E-state index contributed by atoms with van der Waals surface area (Å²) < 4.78 is 15.3. The van der Waals surface area contributed by atoms with E-state index in [0.29, 0.717) is 21.9 Å². The molecule has 0 aliphatic carbocycles. The predicted molar refractivity (Wildman–Crippen MR) is 85.9 cm³/mol. The van der Waals surface area contributed by atoms with Gasteiger partial charge in [0.1, 0.15) is 18.1 Å². The summed E-state index contributed by atoms with van der Waals surface area (Å²) >= 11 is 6.14. The minimum absolute atomic E-state index is 0.0891. The van der Waals surface area contributed by atoms with Crippen molar-refractivity contribution in [2.45, 2.75) is 20.1 Å². The lowest BCUT2D eigenvalue weighted by Crippen LogP contribution is -2.11. The average molecular weight is 337 g/mol. The van der Waals surface area contributed by atoms with Crippen molar-refractivity contribution in [2.75, 3.05) is 7.11 Å². The fourth-order valence-electron chi connectivity index (χ4n) is 2.02. The van der Waals surface area contributed by atoms with E-state index in [-0.39, 0.29) is 19.0 Å². The van der Waals surface area contributed by atoms with Gasteiger partial charge in [-0.15, -0.1) is 0 Å². The van der Waals surface area contributed by atoms with Gasteiger partial charge in [-0.3, -0.25) is 0 Å². The predicted octanol–water partition coefficient (Wildman–Crippen LogP) is 3.86. The van der Waals surface area contributed by atoms with Gasteiger partial charge in [-0.05, 0) is 36.2 Å². The van der Waals surface area contributed by atoms with E-state index >= 15 is 0 Å². The molecule has 0 unspecified atom stereocenters. The zero-order valence-electron chi connectivity index (χ0n) is 12.8. The average Bonchev–Trinajstić information content (AvgIpc) is 2.54. The summed E-state index contributed by atoms with van der Waals surface area (Å²) in [5.74, 6) is 0.778. The van der Waals surface area contributed by atoms with Gasteiger partial charge in [-0.1, -0.05) is 29.8 Å². The Labute approximate surface area is 139 Å². The van der Waals surface area contributed by atoms with Gasteiger partial charge < -0.3 is 19.3 Å². The second-order valence-electron chi connectivity index (χ2n) is 4.83. The molecule has 2 aromatic rings. The van der Waals surface area contributed by atoms with Crippen molar-refractivity contribution >= 4 is 17.8 Å². The summed E-state index contributed by atoms with van der Waals surface area (Å²) in [6, 6.07) is 10.4. The Morgan fingerprint density at radius 1 is 1.22 bits per heavy atom. The monoisotopic (exact) mass is 336 g/mol. The van der Waals surface area contributed by atoms with Gasteiger partial charge in [0.2, 0.25) is 0 Å². The minimum Gasteiger partial charge on any atom is -0.487 e. The van der Waals surface area contributed by atoms with E-state index < -0.39 is 6.16 Å². The Balaban J connectivity index is 2.24. The van der Waals surface area contributed by atoms with E-state index in [4.69, 9.17) is 21.1 Å². The van der Waals surface area contributed by atoms with E-state index in [1.807, 2.05) is 13.0 Å². The second kappa shape index (κ2) is 7.85. The molecular formula is C17H17ClO5. The smallest absolute Gasteiger partial charge is 0.487 e. The highest BCUT2D eigenvalue weighted by molar-refractivity contribution is 6.32. The molecular weight excluding hydrogens is 320 g/mol. The maximum absolute atomic E-state index is 11.3. The lowest BCUT2D eigenvalue weighted by molar-refractivity contribution is 0.120. The number of hydrogen-bond acceptors (Lipinski definition) is 5. The molecule has 0 heterocycles. The van der Waals surface area contributed by atoms with E-state index in [1.54, 1.807) is 30.3 Å². The first-order valence-electron chi connectivity index (χ1n) is 6.91. The summed E-state index contributed by atoms with van der Waals surface area (Å²) in [4.78, 5) is 11.3. The normalized spacial score (nSPS) is 10.3. The number of carbonyl (C=O) groups is 1. The molecule has 0 saturated heterocycles. The van der Waals surface area contributed by atoms with E-state index in [9.17, 15) is 9.90 Å². The number of halogens is 1. The van der Waals surface area contributed by atoms with Gasteiger partial charge >= 0.3 is 6.16 Å². The van der Waals surface area contributed by atoms with Crippen molar-refractivity contribution in [1.82, 2.24) is 0 Å². The third-order valence-electron chi connectivity index (χ3n) is 3.22. The van der Waals surface area contributed by atoms with Crippen molar-refractivity contribution in [1.29, 1.82) is 0 Å². The van der Waals surface area contributed by atoms with Gasteiger partial charge in [-0.25, -0.2) is 4.79 Å². The molecule has 0 bridgehead atoms. The summed E-state index contributed by atoms with van der Waals surface area (Å²) in [6.07, 6.45) is -0.838. The van der Waals surface area contributed by atoms with E-state index in [1.165, 1.54) is 7.11 Å². The Morgan fingerprint density at radius 3 is 2.65 bits per heavy atom. The number of benzene rings is 2. The number of hydrogen-bond donors (Lipinski definition) is 1. The van der Waals surface area contributed by atoms with Crippen LogP contribution in [0, 0.1) is 6.92 Å². The van der Waals surface area contributed by atoms with E-state index in [2.05, 4.69) is 4.74 Å². The van der Waals surface area contributed by atoms with Crippen LogP contribution in [0.4, 0.5) is 4.79 Å². The standard InChI is InChI=1S/C17H17ClO5/c1-11-6-7-16(14(18)8-11)22-10-13-12(9-19)4-3-5-15(13)23-17(20)21-2/h3-8,19H,9-10H2,1-2H3. The van der Waals surface area contributed by atoms with Crippen LogP contribution >= 0.6 is 11.6 Å². The summed E-state index contributed by atoms with van der Waals surface area (Å²) in [6.45, 7) is 1.81. The van der Waals surface area contributed by atoms with Crippen LogP contribution in [-0.4, -0.2) is 18.4 Å². The first-order valence-corrected chi connectivity index (χ1v) is 7.29. The van der Waals surface area contributed by atoms with E-state index in [0.717, 1.165) is 5.56 Å². The molecule has 2 aromatic carbocycles.